The summed E-state index contributed by atoms with van der Waals surface area (Å²) in [4.78, 5) is 4.24. The number of rotatable bonds is 5. The number of hydrogen-bond donors (Lipinski definition) is 2. The van der Waals surface area contributed by atoms with Crippen LogP contribution in [0.3, 0.4) is 0 Å². The van der Waals surface area contributed by atoms with Crippen LogP contribution in [0.15, 0.2) is 35.3 Å². The molecule has 0 saturated carbocycles. The molecule has 1 heterocycles. The standard InChI is InChI=1S/C16H24N6.HI/c1-12(14-8-6-5-7-9-14)10-18-16(17-3)19-11-15-21-20-13(2)22(15)4;/h5-9,12H,10-11H2,1-4H3,(H2,17,18,19);1H. The molecule has 0 saturated heterocycles. The predicted octanol–water partition coefficient (Wildman–Crippen LogP) is 2.21. The molecule has 0 aliphatic carbocycles. The first-order valence-corrected chi connectivity index (χ1v) is 7.46. The molecule has 0 bridgehead atoms. The minimum atomic E-state index is 0. The molecule has 6 nitrogen and oxygen atoms in total. The van der Waals surface area contributed by atoms with Crippen molar-refractivity contribution in [3.63, 3.8) is 0 Å². The third kappa shape index (κ3) is 5.49. The van der Waals surface area contributed by atoms with Gasteiger partial charge in [0.15, 0.2) is 11.8 Å². The molecule has 1 aromatic heterocycles. The summed E-state index contributed by atoms with van der Waals surface area (Å²) >= 11 is 0. The van der Waals surface area contributed by atoms with E-state index in [0.29, 0.717) is 12.5 Å². The quantitative estimate of drug-likeness (QED) is 0.436. The fourth-order valence-corrected chi connectivity index (χ4v) is 2.14. The molecule has 0 aliphatic rings. The molecular formula is C16H25IN6. The van der Waals surface area contributed by atoms with Gasteiger partial charge in [0.2, 0.25) is 0 Å². The van der Waals surface area contributed by atoms with Crippen molar-refractivity contribution >= 4 is 29.9 Å². The predicted molar refractivity (Wildman–Crippen MR) is 104 cm³/mol. The second-order valence-electron chi connectivity index (χ2n) is 5.34. The van der Waals surface area contributed by atoms with Crippen molar-refractivity contribution < 1.29 is 0 Å². The topological polar surface area (TPSA) is 67.1 Å². The van der Waals surface area contributed by atoms with Crippen LogP contribution in [-0.4, -0.2) is 34.3 Å². The van der Waals surface area contributed by atoms with Crippen molar-refractivity contribution in [3.8, 4) is 0 Å². The van der Waals surface area contributed by atoms with Gasteiger partial charge in [-0.15, -0.1) is 34.2 Å². The van der Waals surface area contributed by atoms with Crippen molar-refractivity contribution in [2.75, 3.05) is 13.6 Å². The van der Waals surface area contributed by atoms with Crippen LogP contribution in [0.1, 0.15) is 30.1 Å². The Balaban J connectivity index is 0.00000264. The molecule has 2 rings (SSSR count). The summed E-state index contributed by atoms with van der Waals surface area (Å²) in [5.41, 5.74) is 1.31. The summed E-state index contributed by atoms with van der Waals surface area (Å²) in [5.74, 6) is 2.97. The highest BCUT2D eigenvalue weighted by atomic mass is 127. The molecular weight excluding hydrogens is 403 g/mol. The molecule has 126 valence electrons. The van der Waals surface area contributed by atoms with E-state index in [9.17, 15) is 0 Å². The third-order valence-corrected chi connectivity index (χ3v) is 3.76. The van der Waals surface area contributed by atoms with E-state index in [1.54, 1.807) is 7.05 Å². The number of aromatic nitrogens is 3. The Kier molecular flexibility index (Phi) is 8.01. The van der Waals surface area contributed by atoms with E-state index >= 15 is 0 Å². The molecule has 2 aromatic rings. The van der Waals surface area contributed by atoms with Crippen molar-refractivity contribution in [1.29, 1.82) is 0 Å². The summed E-state index contributed by atoms with van der Waals surface area (Å²) in [6.07, 6.45) is 0. The normalized spacial score (nSPS) is 12.4. The van der Waals surface area contributed by atoms with Gasteiger partial charge in [0.05, 0.1) is 6.54 Å². The Labute approximate surface area is 154 Å². The fourth-order valence-electron chi connectivity index (χ4n) is 2.14. The number of aliphatic imine (C=N–C) groups is 1. The smallest absolute Gasteiger partial charge is 0.191 e. The maximum atomic E-state index is 4.24. The van der Waals surface area contributed by atoms with Crippen LogP contribution >= 0.6 is 24.0 Å². The summed E-state index contributed by atoms with van der Waals surface area (Å²) < 4.78 is 1.97. The lowest BCUT2D eigenvalue weighted by atomic mass is 10.0. The number of hydrogen-bond acceptors (Lipinski definition) is 3. The van der Waals surface area contributed by atoms with Crippen LogP contribution in [0, 0.1) is 6.92 Å². The largest absolute Gasteiger partial charge is 0.356 e. The van der Waals surface area contributed by atoms with E-state index in [-0.39, 0.29) is 24.0 Å². The summed E-state index contributed by atoms with van der Waals surface area (Å²) in [5, 5.41) is 14.8. The highest BCUT2D eigenvalue weighted by molar-refractivity contribution is 14.0. The number of aryl methyl sites for hydroxylation is 1. The van der Waals surface area contributed by atoms with E-state index in [0.717, 1.165) is 24.2 Å². The van der Waals surface area contributed by atoms with Crippen molar-refractivity contribution in [1.82, 2.24) is 25.4 Å². The number of halogens is 1. The summed E-state index contributed by atoms with van der Waals surface area (Å²) in [7, 11) is 3.73. The van der Waals surface area contributed by atoms with Gasteiger partial charge in [-0.3, -0.25) is 4.99 Å². The number of nitrogens with one attached hydrogen (secondary N) is 2. The van der Waals surface area contributed by atoms with E-state index in [1.165, 1.54) is 5.56 Å². The molecule has 1 aromatic carbocycles. The highest BCUT2D eigenvalue weighted by Crippen LogP contribution is 2.12. The van der Waals surface area contributed by atoms with Gasteiger partial charge in [0, 0.05) is 20.6 Å². The highest BCUT2D eigenvalue weighted by Gasteiger charge is 2.08. The number of nitrogens with zero attached hydrogens (tertiary/aromatic N) is 4. The Hall–Kier alpha value is -1.64. The van der Waals surface area contributed by atoms with Gasteiger partial charge >= 0.3 is 0 Å². The van der Waals surface area contributed by atoms with Crippen molar-refractivity contribution in [2.45, 2.75) is 26.3 Å². The second-order valence-corrected chi connectivity index (χ2v) is 5.34. The van der Waals surface area contributed by atoms with Crippen LogP contribution in [0.2, 0.25) is 0 Å². The molecule has 0 aliphatic heterocycles. The average molecular weight is 428 g/mol. The van der Waals surface area contributed by atoms with E-state index in [2.05, 4.69) is 57.0 Å². The lowest BCUT2D eigenvalue weighted by Gasteiger charge is -2.16. The number of benzene rings is 1. The monoisotopic (exact) mass is 428 g/mol. The van der Waals surface area contributed by atoms with Crippen LogP contribution in [0.5, 0.6) is 0 Å². The lowest BCUT2D eigenvalue weighted by Crippen LogP contribution is -2.39. The van der Waals surface area contributed by atoms with Crippen molar-refractivity contribution in [3.05, 3.63) is 47.5 Å². The summed E-state index contributed by atoms with van der Waals surface area (Å²) in [6.45, 7) is 5.55. The van der Waals surface area contributed by atoms with Gasteiger partial charge in [-0.25, -0.2) is 0 Å². The lowest BCUT2D eigenvalue weighted by molar-refractivity contribution is 0.681. The van der Waals surface area contributed by atoms with Crippen LogP contribution in [0.25, 0.3) is 0 Å². The van der Waals surface area contributed by atoms with Gasteiger partial charge in [-0.2, -0.15) is 0 Å². The minimum absolute atomic E-state index is 0. The second kappa shape index (κ2) is 9.49. The Morgan fingerprint density at radius 3 is 2.48 bits per heavy atom. The molecule has 1 atom stereocenters. The zero-order chi connectivity index (χ0) is 15.9. The zero-order valence-electron chi connectivity index (χ0n) is 14.1. The first-order valence-electron chi connectivity index (χ1n) is 7.46. The molecule has 0 radical (unpaired) electrons. The molecule has 0 amide bonds. The Morgan fingerprint density at radius 2 is 1.91 bits per heavy atom. The van der Waals surface area contributed by atoms with Crippen LogP contribution < -0.4 is 10.6 Å². The maximum absolute atomic E-state index is 4.24. The van der Waals surface area contributed by atoms with E-state index < -0.39 is 0 Å². The SMILES string of the molecule is CN=C(NCc1nnc(C)n1C)NCC(C)c1ccccc1.I. The van der Waals surface area contributed by atoms with Crippen LogP contribution in [0.4, 0.5) is 0 Å². The van der Waals surface area contributed by atoms with Crippen molar-refractivity contribution in [2.24, 2.45) is 12.0 Å². The molecule has 0 spiro atoms. The third-order valence-electron chi connectivity index (χ3n) is 3.76. The molecule has 2 N–H and O–H groups in total. The average Bonchev–Trinajstić information content (AvgIpc) is 2.87. The van der Waals surface area contributed by atoms with Gasteiger partial charge < -0.3 is 15.2 Å². The van der Waals surface area contributed by atoms with E-state index in [4.69, 9.17) is 0 Å². The molecule has 0 fully saturated rings. The molecule has 23 heavy (non-hydrogen) atoms. The minimum Gasteiger partial charge on any atom is -0.356 e. The van der Waals surface area contributed by atoms with E-state index in [1.807, 2.05) is 24.6 Å². The maximum Gasteiger partial charge on any atom is 0.191 e. The zero-order valence-corrected chi connectivity index (χ0v) is 16.4. The summed E-state index contributed by atoms with van der Waals surface area (Å²) in [6, 6.07) is 10.5. The number of guanidine groups is 1. The molecule has 1 unspecified atom stereocenters. The van der Waals surface area contributed by atoms with Gasteiger partial charge in [0.25, 0.3) is 0 Å². The first kappa shape index (κ1) is 19.4. The van der Waals surface area contributed by atoms with Gasteiger partial charge in [-0.05, 0) is 18.4 Å². The van der Waals surface area contributed by atoms with Gasteiger partial charge in [-0.1, -0.05) is 37.3 Å². The van der Waals surface area contributed by atoms with Gasteiger partial charge in [0.1, 0.15) is 5.82 Å². The Morgan fingerprint density at radius 1 is 1.22 bits per heavy atom. The Bertz CT molecular complexity index is 623. The van der Waals surface area contributed by atoms with Crippen LogP contribution in [-0.2, 0) is 13.6 Å². The fraction of sp³-hybridized carbons (Fsp3) is 0.438. The first-order chi connectivity index (χ1) is 10.6. The molecule has 7 heteroatoms.